The van der Waals surface area contributed by atoms with Gasteiger partial charge in [-0.15, -0.1) is 5.10 Å². The number of nitrogens with zero attached hydrogens (tertiary/aromatic N) is 6. The number of nitrogens with one attached hydrogen (secondary N) is 2. The van der Waals surface area contributed by atoms with Gasteiger partial charge < -0.3 is 21.1 Å². The van der Waals surface area contributed by atoms with Crippen molar-refractivity contribution in [2.45, 2.75) is 63.9 Å². The summed E-state index contributed by atoms with van der Waals surface area (Å²) in [6, 6.07) is 0.995. The summed E-state index contributed by atoms with van der Waals surface area (Å²) in [6.07, 6.45) is 1.33. The minimum Gasteiger partial charge on any atom is -0.453 e. The molecule has 40 heavy (non-hydrogen) atoms. The van der Waals surface area contributed by atoms with Crippen molar-refractivity contribution in [2.24, 2.45) is 18.6 Å². The van der Waals surface area contributed by atoms with Crippen LogP contribution in [0, 0.1) is 19.7 Å². The number of nitrogens with two attached hydrogens (primary N) is 1. The Hall–Kier alpha value is -4.42. The molecule has 4 aromatic heterocycles. The summed E-state index contributed by atoms with van der Waals surface area (Å²) >= 11 is 0. The van der Waals surface area contributed by atoms with Crippen molar-refractivity contribution in [3.05, 3.63) is 45.9 Å². The maximum atomic E-state index is 13.6. The fourth-order valence-corrected chi connectivity index (χ4v) is 5.84. The minimum absolute atomic E-state index is 0.0138. The van der Waals surface area contributed by atoms with Crippen LogP contribution in [0.3, 0.4) is 0 Å². The average Bonchev–Trinajstić information content (AvgIpc) is 3.21. The third-order valence-electron chi connectivity index (χ3n) is 8.04. The summed E-state index contributed by atoms with van der Waals surface area (Å²) in [5.41, 5.74) is 4.53. The van der Waals surface area contributed by atoms with Crippen LogP contribution in [0.15, 0.2) is 23.1 Å². The van der Waals surface area contributed by atoms with E-state index in [2.05, 4.69) is 30.4 Å². The number of primary amides is 1. The monoisotopic (exact) mass is 554 g/mol. The fourth-order valence-electron chi connectivity index (χ4n) is 5.84. The lowest BCUT2D eigenvalue weighted by molar-refractivity contribution is -0.121. The van der Waals surface area contributed by atoms with Crippen LogP contribution in [-0.4, -0.2) is 53.8 Å². The molecule has 13 nitrogen and oxygen atoms in total. The largest absolute Gasteiger partial charge is 0.453 e. The molecule has 2 aliphatic rings. The van der Waals surface area contributed by atoms with Gasteiger partial charge in [0.15, 0.2) is 5.82 Å². The summed E-state index contributed by atoms with van der Waals surface area (Å²) in [4.78, 5) is 46.8. The van der Waals surface area contributed by atoms with E-state index in [4.69, 9.17) is 15.3 Å². The first-order valence-corrected chi connectivity index (χ1v) is 12.8. The maximum absolute atomic E-state index is 13.6. The van der Waals surface area contributed by atoms with E-state index in [0.717, 1.165) is 0 Å². The highest BCUT2D eigenvalue weighted by atomic mass is 16.5. The number of ether oxygens (including phenoxy) is 1. The normalized spacial score (nSPS) is 29.0. The molecule has 4 N–H and O–H groups in total. The van der Waals surface area contributed by atoms with Gasteiger partial charge in [-0.25, -0.2) is 24.1 Å². The van der Waals surface area contributed by atoms with Crippen LogP contribution < -0.4 is 22.1 Å². The summed E-state index contributed by atoms with van der Waals surface area (Å²) in [7, 11) is 1.18. The van der Waals surface area contributed by atoms with E-state index in [1.54, 1.807) is 13.0 Å². The number of alkyl carbamates (subject to hydrolysis) is 1. The molecule has 2 saturated carbocycles. The number of amides is 2. The summed E-state index contributed by atoms with van der Waals surface area (Å²) in [5.74, 6) is -0.329. The van der Waals surface area contributed by atoms with Crippen LogP contribution >= 0.6 is 0 Å². The van der Waals surface area contributed by atoms with Gasteiger partial charge in [0.1, 0.15) is 17.1 Å². The van der Waals surface area contributed by atoms with Gasteiger partial charge in [0, 0.05) is 33.3 Å². The lowest BCUT2D eigenvalue weighted by Gasteiger charge is -2.15. The minimum atomic E-state index is -2.84. The molecule has 4 aromatic rings. The Morgan fingerprint density at radius 1 is 1.27 bits per heavy atom. The predicted octanol–water partition coefficient (Wildman–Crippen LogP) is 2.35. The van der Waals surface area contributed by atoms with Crippen LogP contribution in [0.5, 0.6) is 0 Å². The lowest BCUT2D eigenvalue weighted by Crippen LogP contribution is -2.33. The van der Waals surface area contributed by atoms with Crippen molar-refractivity contribution in [3.8, 4) is 0 Å². The zero-order valence-electron chi connectivity index (χ0n) is 29.1. The van der Waals surface area contributed by atoms with Crippen molar-refractivity contribution in [1.82, 2.24) is 34.0 Å². The van der Waals surface area contributed by atoms with Crippen LogP contribution in [0.25, 0.3) is 16.6 Å². The number of hydrogen-bond acceptors (Lipinski definition) is 8. The van der Waals surface area contributed by atoms with Gasteiger partial charge in [0.2, 0.25) is 5.91 Å². The molecule has 6 rings (SSSR count). The molecule has 4 atom stereocenters. The molecule has 210 valence electrons. The molecule has 0 bridgehead atoms. The van der Waals surface area contributed by atoms with Gasteiger partial charge in [-0.1, -0.05) is 6.92 Å². The Kier molecular flexibility index (Phi) is 4.26. The highest BCUT2D eigenvalue weighted by molar-refractivity contribution is 5.90. The SMILES string of the molecule is [2H]C1(NC(=O)OC)CCC(n2c(=O)n(C([2H])([2H])[2H])c3cnc(Nc4cc(C)c5c(C([2H])([2H])[2H])nc(C6(C(N)=O)CC6C)n5n4)cc32)C1. The molecule has 4 heterocycles. The van der Waals surface area contributed by atoms with Crippen molar-refractivity contribution in [3.63, 3.8) is 0 Å². The molecular formula is C27H33N9O4. The van der Waals surface area contributed by atoms with Gasteiger partial charge in [-0.05, 0) is 57.0 Å². The van der Waals surface area contributed by atoms with Crippen molar-refractivity contribution < 1.29 is 23.9 Å². The first-order chi connectivity index (χ1) is 21.8. The van der Waals surface area contributed by atoms with E-state index in [1.165, 1.54) is 28.5 Å². The first kappa shape index (κ1) is 18.8. The van der Waals surface area contributed by atoms with E-state index in [0.29, 0.717) is 23.0 Å². The number of aromatic nitrogens is 6. The zero-order valence-corrected chi connectivity index (χ0v) is 22.1. The molecule has 0 radical (unpaired) electrons. The Balaban J connectivity index is 1.45. The van der Waals surface area contributed by atoms with Gasteiger partial charge in [-0.2, -0.15) is 0 Å². The first-order valence-electron chi connectivity index (χ1n) is 16.3. The van der Waals surface area contributed by atoms with Crippen LogP contribution in [0.2, 0.25) is 0 Å². The third kappa shape index (κ3) is 3.82. The number of anilines is 2. The Labute approximate surface area is 239 Å². The number of pyridine rings is 1. The smallest absolute Gasteiger partial charge is 0.407 e. The molecule has 2 fully saturated rings. The molecule has 0 aromatic carbocycles. The number of hydrogen-bond donors (Lipinski definition) is 3. The second-order valence-corrected chi connectivity index (χ2v) is 10.5. The van der Waals surface area contributed by atoms with Crippen LogP contribution in [0.1, 0.15) is 65.3 Å². The summed E-state index contributed by atoms with van der Waals surface area (Å²) < 4.78 is 64.8. The quantitative estimate of drug-likeness (QED) is 0.327. The second kappa shape index (κ2) is 9.07. The predicted molar refractivity (Wildman–Crippen MR) is 148 cm³/mol. The summed E-state index contributed by atoms with van der Waals surface area (Å²) in [5, 5.41) is 10.1. The van der Waals surface area contributed by atoms with Crippen LogP contribution in [-0.2, 0) is 21.9 Å². The van der Waals surface area contributed by atoms with E-state index in [9.17, 15) is 14.4 Å². The molecular weight excluding hydrogens is 514 g/mol. The van der Waals surface area contributed by atoms with Crippen molar-refractivity contribution >= 4 is 40.2 Å². The molecule has 0 spiro atoms. The number of rotatable bonds is 6. The van der Waals surface area contributed by atoms with Gasteiger partial charge in [0.25, 0.3) is 0 Å². The maximum Gasteiger partial charge on any atom is 0.407 e. The topological polar surface area (TPSA) is 163 Å². The van der Waals surface area contributed by atoms with Crippen LogP contribution in [0.4, 0.5) is 16.4 Å². The zero-order chi connectivity index (χ0) is 34.4. The number of aryl methyl sites for hydroxylation is 3. The Bertz CT molecular complexity index is 2020. The Morgan fingerprint density at radius 2 is 2.08 bits per heavy atom. The number of fused-ring (bicyclic) bond motifs is 2. The fraction of sp³-hybridized carbons (Fsp3) is 0.481. The highest BCUT2D eigenvalue weighted by Crippen LogP contribution is 2.53. The second-order valence-electron chi connectivity index (χ2n) is 10.5. The van der Waals surface area contributed by atoms with Gasteiger partial charge in [0.05, 0.1) is 36.9 Å². The van der Waals surface area contributed by atoms with Crippen molar-refractivity contribution in [2.75, 3.05) is 12.4 Å². The molecule has 2 amide bonds. The highest BCUT2D eigenvalue weighted by Gasteiger charge is 2.60. The molecule has 0 saturated heterocycles. The standard InChI is InChI=1S/C27H33N9O4/c1-13-8-21(33-36-22(13)15(3)30-24(36)27(23(28)37)11-14(27)2)32-20-10-18-19(12-29-20)34(4)26(39)35(18)17-7-6-16(9-17)31-25(38)40-5/h8,10,12,14,16-17H,6-7,9,11H2,1-5H3,(H2,28,37)(H,31,38)(H,29,32,33)/i3D3,4D3,16D. The van der Waals surface area contributed by atoms with E-state index >= 15 is 0 Å². The van der Waals surface area contributed by atoms with Gasteiger partial charge in [-0.3, -0.25) is 13.9 Å². The Morgan fingerprint density at radius 3 is 2.75 bits per heavy atom. The third-order valence-corrected chi connectivity index (χ3v) is 8.04. The number of carbonyl (C=O) groups excluding carboxylic acids is 2. The average molecular weight is 555 g/mol. The van der Waals surface area contributed by atoms with Crippen molar-refractivity contribution in [1.29, 1.82) is 0 Å². The molecule has 13 heteroatoms. The lowest BCUT2D eigenvalue weighted by atomic mass is 10.0. The van der Waals surface area contributed by atoms with Gasteiger partial charge >= 0.3 is 11.8 Å². The van der Waals surface area contributed by atoms with E-state index in [1.807, 2.05) is 6.92 Å². The number of imidazole rings is 2. The number of methoxy groups -OCH3 is 1. The molecule has 4 unspecified atom stereocenters. The molecule has 2 aliphatic carbocycles. The van der Waals surface area contributed by atoms with E-state index in [-0.39, 0.29) is 58.5 Å². The number of carbonyl (C=O) groups is 2. The summed E-state index contributed by atoms with van der Waals surface area (Å²) in [6.45, 7) is -1.94. The van der Waals surface area contributed by atoms with E-state index < -0.39 is 49.0 Å². The molecule has 0 aliphatic heterocycles.